The first-order valence-electron chi connectivity index (χ1n) is 6.65. The molecule has 116 valence electrons. The van der Waals surface area contributed by atoms with E-state index in [1.165, 1.54) is 36.4 Å². The van der Waals surface area contributed by atoms with Crippen molar-refractivity contribution in [1.29, 1.82) is 0 Å². The van der Waals surface area contributed by atoms with E-state index in [1.54, 1.807) is 0 Å². The molecule has 0 atom stereocenters. The summed E-state index contributed by atoms with van der Waals surface area (Å²) in [5.74, 6) is -0.298. The van der Waals surface area contributed by atoms with Gasteiger partial charge in [-0.3, -0.25) is 0 Å². The molecule has 0 saturated heterocycles. The topological polar surface area (TPSA) is 61.8 Å². The van der Waals surface area contributed by atoms with Crippen molar-refractivity contribution in [2.24, 2.45) is 0 Å². The van der Waals surface area contributed by atoms with Crippen molar-refractivity contribution in [1.82, 2.24) is 0 Å². The molecule has 0 spiro atoms. The quantitative estimate of drug-likeness (QED) is 0.813. The maximum Gasteiger partial charge on any atom is 0.339 e. The SMILES string of the molecule is O=S(=O)(Oc1ccccc1F)c1ccc2c(c1)OCCCO2. The molecule has 0 aromatic heterocycles. The van der Waals surface area contributed by atoms with Crippen LogP contribution in [0.25, 0.3) is 0 Å². The Balaban J connectivity index is 1.92. The van der Waals surface area contributed by atoms with Crippen LogP contribution in [-0.2, 0) is 10.1 Å². The summed E-state index contributed by atoms with van der Waals surface area (Å²) in [4.78, 5) is -0.125. The van der Waals surface area contributed by atoms with Crippen LogP contribution >= 0.6 is 0 Å². The third kappa shape index (κ3) is 2.99. The number of benzene rings is 2. The average Bonchev–Trinajstić information content (AvgIpc) is 2.74. The van der Waals surface area contributed by atoms with Crippen LogP contribution in [0.1, 0.15) is 6.42 Å². The van der Waals surface area contributed by atoms with E-state index in [9.17, 15) is 12.8 Å². The van der Waals surface area contributed by atoms with Gasteiger partial charge in [0.1, 0.15) is 4.90 Å². The Bertz CT molecular complexity index is 788. The lowest BCUT2D eigenvalue weighted by atomic mass is 10.3. The van der Waals surface area contributed by atoms with E-state index in [-0.39, 0.29) is 10.6 Å². The van der Waals surface area contributed by atoms with Crippen LogP contribution in [0.5, 0.6) is 17.2 Å². The van der Waals surface area contributed by atoms with Gasteiger partial charge in [-0.2, -0.15) is 8.42 Å². The van der Waals surface area contributed by atoms with E-state index < -0.39 is 15.9 Å². The molecular formula is C15H13FO5S. The highest BCUT2D eigenvalue weighted by Crippen LogP contribution is 2.33. The number of para-hydroxylation sites is 1. The van der Waals surface area contributed by atoms with Crippen LogP contribution in [0.3, 0.4) is 0 Å². The zero-order valence-corrected chi connectivity index (χ0v) is 12.3. The molecule has 5 nitrogen and oxygen atoms in total. The Morgan fingerprint density at radius 3 is 2.50 bits per heavy atom. The predicted molar refractivity (Wildman–Crippen MR) is 76.3 cm³/mol. The molecule has 0 aliphatic carbocycles. The maximum atomic E-state index is 13.5. The zero-order chi connectivity index (χ0) is 15.6. The van der Waals surface area contributed by atoms with Gasteiger partial charge in [0.05, 0.1) is 13.2 Å². The minimum Gasteiger partial charge on any atom is -0.490 e. The second-order valence-electron chi connectivity index (χ2n) is 4.63. The number of hydrogen-bond acceptors (Lipinski definition) is 5. The first-order valence-corrected chi connectivity index (χ1v) is 8.06. The summed E-state index contributed by atoms with van der Waals surface area (Å²) in [6, 6.07) is 9.46. The molecule has 0 amide bonds. The van der Waals surface area contributed by atoms with Crippen LogP contribution < -0.4 is 13.7 Å². The van der Waals surface area contributed by atoms with Gasteiger partial charge in [0.2, 0.25) is 0 Å². The minimum atomic E-state index is -4.16. The molecule has 0 fully saturated rings. The number of hydrogen-bond donors (Lipinski definition) is 0. The Morgan fingerprint density at radius 2 is 1.73 bits per heavy atom. The summed E-state index contributed by atoms with van der Waals surface area (Å²) >= 11 is 0. The van der Waals surface area contributed by atoms with Gasteiger partial charge in [-0.1, -0.05) is 12.1 Å². The summed E-state index contributed by atoms with van der Waals surface area (Å²) in [7, 11) is -4.16. The monoisotopic (exact) mass is 324 g/mol. The van der Waals surface area contributed by atoms with Crippen LogP contribution in [0.15, 0.2) is 47.4 Å². The molecule has 1 aliphatic rings. The maximum absolute atomic E-state index is 13.5. The van der Waals surface area contributed by atoms with Crippen molar-refractivity contribution < 1.29 is 26.5 Å². The molecule has 1 aliphatic heterocycles. The lowest BCUT2D eigenvalue weighted by molar-refractivity contribution is 0.296. The number of fused-ring (bicyclic) bond motifs is 1. The lowest BCUT2D eigenvalue weighted by Gasteiger charge is -2.11. The third-order valence-electron chi connectivity index (χ3n) is 3.04. The van der Waals surface area contributed by atoms with E-state index in [2.05, 4.69) is 0 Å². The Morgan fingerprint density at radius 1 is 1.00 bits per heavy atom. The van der Waals surface area contributed by atoms with Gasteiger partial charge in [0.15, 0.2) is 23.1 Å². The van der Waals surface area contributed by atoms with Crippen molar-refractivity contribution >= 4 is 10.1 Å². The highest BCUT2D eigenvalue weighted by Gasteiger charge is 2.21. The fourth-order valence-corrected chi connectivity index (χ4v) is 2.93. The molecule has 2 aromatic carbocycles. The van der Waals surface area contributed by atoms with Gasteiger partial charge < -0.3 is 13.7 Å². The number of halogens is 1. The molecule has 0 saturated carbocycles. The molecule has 2 aromatic rings. The summed E-state index contributed by atoms with van der Waals surface area (Å²) in [5.41, 5.74) is 0. The van der Waals surface area contributed by atoms with Crippen molar-refractivity contribution in [2.45, 2.75) is 11.3 Å². The first kappa shape index (κ1) is 14.6. The summed E-state index contributed by atoms with van der Waals surface area (Å²) < 4.78 is 53.7. The Hall–Kier alpha value is -2.28. The van der Waals surface area contributed by atoms with Crippen molar-refractivity contribution in [3.05, 3.63) is 48.3 Å². The molecule has 0 radical (unpaired) electrons. The highest BCUT2D eigenvalue weighted by atomic mass is 32.2. The third-order valence-corrected chi connectivity index (χ3v) is 4.27. The van der Waals surface area contributed by atoms with Crippen molar-refractivity contribution in [3.63, 3.8) is 0 Å². The van der Waals surface area contributed by atoms with Crippen LogP contribution in [0.2, 0.25) is 0 Å². The van der Waals surface area contributed by atoms with Gasteiger partial charge in [-0.15, -0.1) is 0 Å². The van der Waals surface area contributed by atoms with E-state index in [1.807, 2.05) is 0 Å². The molecule has 1 heterocycles. The van der Waals surface area contributed by atoms with Gasteiger partial charge in [0.25, 0.3) is 0 Å². The van der Waals surface area contributed by atoms with E-state index in [0.29, 0.717) is 31.1 Å². The van der Waals surface area contributed by atoms with Crippen LogP contribution in [0.4, 0.5) is 4.39 Å². The van der Waals surface area contributed by atoms with Gasteiger partial charge in [-0.25, -0.2) is 4.39 Å². The summed E-state index contributed by atoms with van der Waals surface area (Å²) in [5, 5.41) is 0. The molecule has 0 N–H and O–H groups in total. The minimum absolute atomic E-state index is 0.125. The van der Waals surface area contributed by atoms with E-state index >= 15 is 0 Å². The second-order valence-corrected chi connectivity index (χ2v) is 6.17. The lowest BCUT2D eigenvalue weighted by Crippen LogP contribution is -2.11. The molecule has 22 heavy (non-hydrogen) atoms. The summed E-state index contributed by atoms with van der Waals surface area (Å²) in [6.07, 6.45) is 0.711. The molecule has 7 heteroatoms. The Labute approximate surface area is 127 Å². The Kier molecular flexibility index (Phi) is 3.89. The molecule has 0 unspecified atom stereocenters. The number of ether oxygens (including phenoxy) is 2. The van der Waals surface area contributed by atoms with E-state index in [0.717, 1.165) is 6.07 Å². The highest BCUT2D eigenvalue weighted by molar-refractivity contribution is 7.87. The van der Waals surface area contributed by atoms with Crippen LogP contribution in [-0.4, -0.2) is 21.6 Å². The average molecular weight is 324 g/mol. The molecule has 3 rings (SSSR count). The summed E-state index contributed by atoms with van der Waals surface area (Å²) in [6.45, 7) is 0.940. The largest absolute Gasteiger partial charge is 0.490 e. The fraction of sp³-hybridized carbons (Fsp3) is 0.200. The number of rotatable bonds is 3. The normalized spacial score (nSPS) is 14.2. The zero-order valence-electron chi connectivity index (χ0n) is 11.5. The van der Waals surface area contributed by atoms with Crippen molar-refractivity contribution in [2.75, 3.05) is 13.2 Å². The van der Waals surface area contributed by atoms with Crippen LogP contribution in [0, 0.1) is 5.82 Å². The van der Waals surface area contributed by atoms with Gasteiger partial charge in [-0.05, 0) is 24.3 Å². The predicted octanol–water partition coefficient (Wildman–Crippen LogP) is 2.75. The standard InChI is InChI=1S/C15H13FO5S/c16-12-4-1-2-5-13(12)21-22(17,18)11-6-7-14-15(10-11)20-9-3-8-19-14/h1-2,4-7,10H,3,8-9H2. The molecular weight excluding hydrogens is 311 g/mol. The van der Waals surface area contributed by atoms with Gasteiger partial charge >= 0.3 is 10.1 Å². The van der Waals surface area contributed by atoms with E-state index in [4.69, 9.17) is 13.7 Å². The smallest absolute Gasteiger partial charge is 0.339 e. The second kappa shape index (κ2) is 5.84. The van der Waals surface area contributed by atoms with Gasteiger partial charge in [0, 0.05) is 12.5 Å². The fourth-order valence-electron chi connectivity index (χ4n) is 1.98. The molecule has 0 bridgehead atoms. The first-order chi connectivity index (χ1) is 10.6. The van der Waals surface area contributed by atoms with Crippen molar-refractivity contribution in [3.8, 4) is 17.2 Å².